The second-order valence-electron chi connectivity index (χ2n) is 6.85. The normalized spacial score (nSPS) is 23.0. The summed E-state index contributed by atoms with van der Waals surface area (Å²) in [5.41, 5.74) is 2.13. The van der Waals surface area contributed by atoms with Gasteiger partial charge in [0, 0.05) is 38.6 Å². The summed E-state index contributed by atoms with van der Waals surface area (Å²) in [4.78, 5) is 0. The second-order valence-corrected chi connectivity index (χ2v) is 6.85. The zero-order valence-corrected chi connectivity index (χ0v) is 13.0. The van der Waals surface area contributed by atoms with E-state index in [-0.39, 0.29) is 0 Å². The zero-order valence-electron chi connectivity index (χ0n) is 13.0. The van der Waals surface area contributed by atoms with Crippen molar-refractivity contribution in [1.29, 1.82) is 0 Å². The van der Waals surface area contributed by atoms with Crippen LogP contribution in [0.2, 0.25) is 0 Å². The Bertz CT molecular complexity index is 447. The number of nitrogens with one attached hydrogen (secondary N) is 1. The fourth-order valence-electron chi connectivity index (χ4n) is 3.13. The van der Waals surface area contributed by atoms with Crippen molar-refractivity contribution in [1.82, 2.24) is 5.32 Å². The molecule has 3 nitrogen and oxygen atoms in total. The van der Waals surface area contributed by atoms with Gasteiger partial charge in [0.1, 0.15) is 0 Å². The van der Waals surface area contributed by atoms with Gasteiger partial charge in [0.05, 0.1) is 5.60 Å². The lowest BCUT2D eigenvalue weighted by Crippen LogP contribution is -2.48. The van der Waals surface area contributed by atoms with Crippen LogP contribution in [0.25, 0.3) is 0 Å². The summed E-state index contributed by atoms with van der Waals surface area (Å²) in [5.74, 6) is 0.787. The second kappa shape index (κ2) is 6.47. The van der Waals surface area contributed by atoms with Crippen molar-refractivity contribution >= 4 is 0 Å². The molecule has 1 atom stereocenters. The predicted octanol–water partition coefficient (Wildman–Crippen LogP) is 2.45. The maximum atomic E-state index is 10.6. The Morgan fingerprint density at radius 3 is 2.52 bits per heavy atom. The topological polar surface area (TPSA) is 41.5 Å². The van der Waals surface area contributed by atoms with Gasteiger partial charge in [-0.2, -0.15) is 0 Å². The van der Waals surface area contributed by atoms with Gasteiger partial charge < -0.3 is 15.2 Å². The molecular formula is C18H27NO2. The molecule has 1 aliphatic carbocycles. The van der Waals surface area contributed by atoms with Crippen molar-refractivity contribution in [2.75, 3.05) is 19.8 Å². The number of rotatable bonds is 6. The van der Waals surface area contributed by atoms with Crippen LogP contribution < -0.4 is 5.32 Å². The van der Waals surface area contributed by atoms with E-state index in [0.29, 0.717) is 25.8 Å². The van der Waals surface area contributed by atoms with Gasteiger partial charge in [0.2, 0.25) is 0 Å². The number of aryl methyl sites for hydroxylation is 1. The summed E-state index contributed by atoms with van der Waals surface area (Å²) in [5, 5.41) is 14.2. The molecule has 0 bridgehead atoms. The Morgan fingerprint density at radius 2 is 1.90 bits per heavy atom. The number of hydrogen-bond donors (Lipinski definition) is 2. The van der Waals surface area contributed by atoms with E-state index in [1.165, 1.54) is 24.0 Å². The molecule has 116 valence electrons. The Kier molecular flexibility index (Phi) is 4.63. The smallest absolute Gasteiger partial charge is 0.0815 e. The molecule has 1 saturated carbocycles. The minimum Gasteiger partial charge on any atom is -0.388 e. The van der Waals surface area contributed by atoms with Gasteiger partial charge in [-0.25, -0.2) is 0 Å². The fourth-order valence-corrected chi connectivity index (χ4v) is 3.13. The third kappa shape index (κ3) is 4.29. The summed E-state index contributed by atoms with van der Waals surface area (Å²) in [7, 11) is 0. The molecule has 2 fully saturated rings. The van der Waals surface area contributed by atoms with E-state index in [1.54, 1.807) is 0 Å². The van der Waals surface area contributed by atoms with Gasteiger partial charge in [0.25, 0.3) is 0 Å². The first-order valence-corrected chi connectivity index (χ1v) is 8.24. The van der Waals surface area contributed by atoms with Crippen molar-refractivity contribution in [3.05, 3.63) is 35.4 Å². The van der Waals surface area contributed by atoms with E-state index in [2.05, 4.69) is 36.5 Å². The SMILES string of the molecule is Cc1ccc(CC(NCC2(O)CCOCC2)C2CC2)cc1. The van der Waals surface area contributed by atoms with Gasteiger partial charge in [0.15, 0.2) is 0 Å². The molecule has 2 aliphatic rings. The van der Waals surface area contributed by atoms with Crippen LogP contribution in [0, 0.1) is 12.8 Å². The molecule has 3 rings (SSSR count). The molecule has 2 N–H and O–H groups in total. The third-order valence-electron chi connectivity index (χ3n) is 4.88. The first-order chi connectivity index (χ1) is 10.1. The summed E-state index contributed by atoms with van der Waals surface area (Å²) >= 11 is 0. The minimum atomic E-state index is -0.571. The average molecular weight is 289 g/mol. The quantitative estimate of drug-likeness (QED) is 0.845. The van der Waals surface area contributed by atoms with E-state index in [4.69, 9.17) is 4.74 Å². The molecule has 0 spiro atoms. The van der Waals surface area contributed by atoms with E-state index in [0.717, 1.165) is 25.2 Å². The van der Waals surface area contributed by atoms with Crippen LogP contribution in [0.15, 0.2) is 24.3 Å². The Labute approximate surface area is 127 Å². The monoisotopic (exact) mass is 289 g/mol. The highest BCUT2D eigenvalue weighted by Gasteiger charge is 2.35. The van der Waals surface area contributed by atoms with E-state index in [9.17, 15) is 5.11 Å². The van der Waals surface area contributed by atoms with Gasteiger partial charge in [-0.3, -0.25) is 0 Å². The lowest BCUT2D eigenvalue weighted by molar-refractivity contribution is -0.0630. The van der Waals surface area contributed by atoms with Crippen molar-refractivity contribution in [3.8, 4) is 0 Å². The van der Waals surface area contributed by atoms with Crippen molar-refractivity contribution in [2.45, 2.75) is 50.7 Å². The molecule has 1 saturated heterocycles. The molecule has 21 heavy (non-hydrogen) atoms. The molecule has 1 aromatic carbocycles. The molecule has 0 amide bonds. The van der Waals surface area contributed by atoms with Gasteiger partial charge in [-0.15, -0.1) is 0 Å². The summed E-state index contributed by atoms with van der Waals surface area (Å²) < 4.78 is 5.35. The summed E-state index contributed by atoms with van der Waals surface area (Å²) in [6, 6.07) is 9.33. The van der Waals surface area contributed by atoms with Crippen molar-refractivity contribution in [3.63, 3.8) is 0 Å². The number of benzene rings is 1. The van der Waals surface area contributed by atoms with E-state index in [1.807, 2.05) is 0 Å². The molecule has 3 heteroatoms. The van der Waals surface area contributed by atoms with Crippen LogP contribution >= 0.6 is 0 Å². The van der Waals surface area contributed by atoms with Gasteiger partial charge in [-0.05, 0) is 37.7 Å². The Balaban J connectivity index is 1.56. The standard InChI is InChI=1S/C18H27NO2/c1-14-2-4-15(5-3-14)12-17(16-6-7-16)19-13-18(20)8-10-21-11-9-18/h2-5,16-17,19-20H,6-13H2,1H3. The largest absolute Gasteiger partial charge is 0.388 e. The molecule has 0 aromatic heterocycles. The van der Waals surface area contributed by atoms with E-state index < -0.39 is 5.60 Å². The molecular weight excluding hydrogens is 262 g/mol. The van der Waals surface area contributed by atoms with Gasteiger partial charge >= 0.3 is 0 Å². The highest BCUT2D eigenvalue weighted by molar-refractivity contribution is 5.22. The Hall–Kier alpha value is -0.900. The Morgan fingerprint density at radius 1 is 1.24 bits per heavy atom. The molecule has 1 unspecified atom stereocenters. The maximum Gasteiger partial charge on any atom is 0.0815 e. The van der Waals surface area contributed by atoms with Crippen molar-refractivity contribution in [2.24, 2.45) is 5.92 Å². The van der Waals surface area contributed by atoms with Crippen LogP contribution in [0.5, 0.6) is 0 Å². The lowest BCUT2D eigenvalue weighted by atomic mass is 9.93. The predicted molar refractivity (Wildman–Crippen MR) is 84.4 cm³/mol. The highest BCUT2D eigenvalue weighted by Crippen LogP contribution is 2.34. The minimum absolute atomic E-state index is 0.500. The number of ether oxygens (including phenoxy) is 1. The zero-order chi connectivity index (χ0) is 14.7. The number of aliphatic hydroxyl groups is 1. The fraction of sp³-hybridized carbons (Fsp3) is 0.667. The molecule has 1 aromatic rings. The third-order valence-corrected chi connectivity index (χ3v) is 4.88. The maximum absolute atomic E-state index is 10.6. The first kappa shape index (κ1) is 15.0. The lowest BCUT2D eigenvalue weighted by Gasteiger charge is -2.34. The van der Waals surface area contributed by atoms with Crippen molar-refractivity contribution < 1.29 is 9.84 Å². The van der Waals surface area contributed by atoms with Crippen LogP contribution in [-0.2, 0) is 11.2 Å². The highest BCUT2D eigenvalue weighted by atomic mass is 16.5. The summed E-state index contributed by atoms with van der Waals surface area (Å²) in [6.07, 6.45) is 5.22. The first-order valence-electron chi connectivity index (χ1n) is 8.24. The summed E-state index contributed by atoms with van der Waals surface area (Å²) in [6.45, 7) is 4.19. The van der Waals surface area contributed by atoms with E-state index >= 15 is 0 Å². The number of hydrogen-bond acceptors (Lipinski definition) is 3. The van der Waals surface area contributed by atoms with Crippen LogP contribution in [0.1, 0.15) is 36.8 Å². The average Bonchev–Trinajstić information content (AvgIpc) is 3.31. The van der Waals surface area contributed by atoms with Gasteiger partial charge in [-0.1, -0.05) is 29.8 Å². The molecule has 1 aliphatic heterocycles. The molecule has 1 heterocycles. The van der Waals surface area contributed by atoms with Crippen LogP contribution in [-0.4, -0.2) is 36.5 Å². The molecule has 0 radical (unpaired) electrons. The van der Waals surface area contributed by atoms with Crippen LogP contribution in [0.4, 0.5) is 0 Å². The van der Waals surface area contributed by atoms with Crippen LogP contribution in [0.3, 0.4) is 0 Å².